The standard InChI is InChI=1S/C20H26N2OS/c1-15-10-13-24-19(15)14-22-11-8-18(9-12-22)20(23)21-16(2)17-6-4-3-5-7-17/h3-7,10,13,16,18H,8-9,11-12,14H2,1-2H3,(H,21,23)/t16-/m1/s1. The zero-order valence-electron chi connectivity index (χ0n) is 14.5. The van der Waals surface area contributed by atoms with Gasteiger partial charge in [0.1, 0.15) is 0 Å². The van der Waals surface area contributed by atoms with Crippen molar-refractivity contribution in [3.63, 3.8) is 0 Å². The van der Waals surface area contributed by atoms with E-state index in [0.717, 1.165) is 38.0 Å². The van der Waals surface area contributed by atoms with Crippen molar-refractivity contribution in [1.29, 1.82) is 0 Å². The molecular formula is C20H26N2OS. The van der Waals surface area contributed by atoms with E-state index >= 15 is 0 Å². The quantitative estimate of drug-likeness (QED) is 0.885. The van der Waals surface area contributed by atoms with Gasteiger partial charge < -0.3 is 5.32 Å². The topological polar surface area (TPSA) is 32.3 Å². The molecule has 0 unspecified atom stereocenters. The minimum absolute atomic E-state index is 0.0745. The lowest BCUT2D eigenvalue weighted by Gasteiger charge is -2.31. The van der Waals surface area contributed by atoms with Crippen molar-refractivity contribution in [2.75, 3.05) is 13.1 Å². The lowest BCUT2D eigenvalue weighted by atomic mass is 9.95. The summed E-state index contributed by atoms with van der Waals surface area (Å²) in [5, 5.41) is 5.34. The smallest absolute Gasteiger partial charge is 0.223 e. The van der Waals surface area contributed by atoms with Gasteiger partial charge in [0.15, 0.2) is 0 Å². The molecule has 1 aromatic carbocycles. The summed E-state index contributed by atoms with van der Waals surface area (Å²) in [6.07, 6.45) is 1.91. The largest absolute Gasteiger partial charge is 0.349 e. The Morgan fingerprint density at radius 3 is 2.58 bits per heavy atom. The molecule has 1 aliphatic rings. The molecule has 1 aromatic heterocycles. The average molecular weight is 343 g/mol. The third-order valence-corrected chi connectivity index (χ3v) is 5.96. The number of thiophene rings is 1. The van der Waals surface area contributed by atoms with Gasteiger partial charge in [0.05, 0.1) is 6.04 Å². The molecule has 0 saturated carbocycles. The van der Waals surface area contributed by atoms with E-state index in [2.05, 4.69) is 47.6 Å². The number of hydrogen-bond acceptors (Lipinski definition) is 3. The number of hydrogen-bond donors (Lipinski definition) is 1. The SMILES string of the molecule is Cc1ccsc1CN1CCC(C(=O)N[C@H](C)c2ccccc2)CC1. The lowest BCUT2D eigenvalue weighted by Crippen LogP contribution is -2.40. The Kier molecular flexibility index (Phi) is 5.69. The number of amides is 1. The molecule has 128 valence electrons. The van der Waals surface area contributed by atoms with Gasteiger partial charge in [-0.25, -0.2) is 0 Å². The van der Waals surface area contributed by atoms with Crippen LogP contribution in [-0.2, 0) is 11.3 Å². The normalized spacial score (nSPS) is 17.6. The van der Waals surface area contributed by atoms with E-state index in [1.165, 1.54) is 10.4 Å². The van der Waals surface area contributed by atoms with Gasteiger partial charge in [-0.15, -0.1) is 11.3 Å². The summed E-state index contributed by atoms with van der Waals surface area (Å²) in [6.45, 7) is 7.28. The van der Waals surface area contributed by atoms with Crippen molar-refractivity contribution < 1.29 is 4.79 Å². The first-order valence-electron chi connectivity index (χ1n) is 8.74. The zero-order chi connectivity index (χ0) is 16.9. The van der Waals surface area contributed by atoms with E-state index < -0.39 is 0 Å². The van der Waals surface area contributed by atoms with E-state index in [1.807, 2.05) is 29.5 Å². The molecule has 0 bridgehead atoms. The molecule has 3 nitrogen and oxygen atoms in total. The van der Waals surface area contributed by atoms with Gasteiger partial charge in [-0.1, -0.05) is 30.3 Å². The Morgan fingerprint density at radius 1 is 1.25 bits per heavy atom. The summed E-state index contributed by atoms with van der Waals surface area (Å²) in [6, 6.07) is 12.4. The third kappa shape index (κ3) is 4.25. The fraction of sp³-hybridized carbons (Fsp3) is 0.450. The van der Waals surface area contributed by atoms with Crippen LogP contribution in [0.5, 0.6) is 0 Å². The Morgan fingerprint density at radius 2 is 1.96 bits per heavy atom. The first-order valence-corrected chi connectivity index (χ1v) is 9.62. The van der Waals surface area contributed by atoms with Crippen LogP contribution in [0.25, 0.3) is 0 Å². The summed E-state index contributed by atoms with van der Waals surface area (Å²) < 4.78 is 0. The van der Waals surface area contributed by atoms with Crippen molar-refractivity contribution in [2.45, 2.75) is 39.3 Å². The summed E-state index contributed by atoms with van der Waals surface area (Å²) >= 11 is 1.84. The summed E-state index contributed by atoms with van der Waals surface area (Å²) in [5.41, 5.74) is 2.55. The minimum atomic E-state index is 0.0745. The molecule has 0 spiro atoms. The number of nitrogens with zero attached hydrogens (tertiary/aromatic N) is 1. The Labute approximate surface area is 148 Å². The number of benzene rings is 1. The van der Waals surface area contributed by atoms with Gasteiger partial charge >= 0.3 is 0 Å². The van der Waals surface area contributed by atoms with Crippen LogP contribution < -0.4 is 5.32 Å². The molecule has 3 rings (SSSR count). The Bertz CT molecular complexity index is 659. The van der Waals surface area contributed by atoms with Gasteiger partial charge in [-0.05, 0) is 62.4 Å². The maximum atomic E-state index is 12.5. The molecule has 2 aromatic rings. The van der Waals surface area contributed by atoms with E-state index in [1.54, 1.807) is 0 Å². The first kappa shape index (κ1) is 17.2. The highest BCUT2D eigenvalue weighted by Gasteiger charge is 2.26. The van der Waals surface area contributed by atoms with Gasteiger partial charge in [0, 0.05) is 17.3 Å². The van der Waals surface area contributed by atoms with Crippen molar-refractivity contribution in [1.82, 2.24) is 10.2 Å². The number of carbonyl (C=O) groups is 1. The van der Waals surface area contributed by atoms with Crippen LogP contribution >= 0.6 is 11.3 Å². The van der Waals surface area contributed by atoms with Gasteiger partial charge in [-0.3, -0.25) is 9.69 Å². The second-order valence-corrected chi connectivity index (χ2v) is 7.72. The minimum Gasteiger partial charge on any atom is -0.349 e. The van der Waals surface area contributed by atoms with Crippen LogP contribution in [0.1, 0.15) is 41.8 Å². The zero-order valence-corrected chi connectivity index (χ0v) is 15.3. The number of likely N-dealkylation sites (tertiary alicyclic amines) is 1. The Hall–Kier alpha value is -1.65. The van der Waals surface area contributed by atoms with E-state index in [0.29, 0.717) is 0 Å². The highest BCUT2D eigenvalue weighted by Crippen LogP contribution is 2.23. The van der Waals surface area contributed by atoms with E-state index in [-0.39, 0.29) is 17.9 Å². The number of aryl methyl sites for hydroxylation is 1. The summed E-state index contributed by atoms with van der Waals surface area (Å²) in [4.78, 5) is 16.5. The molecule has 4 heteroatoms. The van der Waals surface area contributed by atoms with Crippen LogP contribution in [0.3, 0.4) is 0 Å². The van der Waals surface area contributed by atoms with Gasteiger partial charge in [-0.2, -0.15) is 0 Å². The predicted octanol–water partition coefficient (Wildman–Crippen LogP) is 4.15. The van der Waals surface area contributed by atoms with Crippen molar-refractivity contribution in [3.8, 4) is 0 Å². The molecule has 1 aliphatic heterocycles. The molecule has 0 aliphatic carbocycles. The second-order valence-electron chi connectivity index (χ2n) is 6.72. The lowest BCUT2D eigenvalue weighted by molar-refractivity contribution is -0.127. The molecule has 2 heterocycles. The van der Waals surface area contributed by atoms with E-state index in [4.69, 9.17) is 0 Å². The average Bonchev–Trinajstić information content (AvgIpc) is 3.01. The molecule has 1 amide bonds. The molecule has 1 fully saturated rings. The molecule has 24 heavy (non-hydrogen) atoms. The fourth-order valence-corrected chi connectivity index (χ4v) is 4.23. The number of rotatable bonds is 5. The highest BCUT2D eigenvalue weighted by atomic mass is 32.1. The molecule has 1 atom stereocenters. The molecule has 1 saturated heterocycles. The highest BCUT2D eigenvalue weighted by molar-refractivity contribution is 7.10. The maximum absolute atomic E-state index is 12.5. The summed E-state index contributed by atoms with van der Waals surface area (Å²) in [7, 11) is 0. The number of nitrogens with one attached hydrogen (secondary N) is 1. The molecule has 1 N–H and O–H groups in total. The van der Waals surface area contributed by atoms with Crippen molar-refractivity contribution >= 4 is 17.2 Å². The fourth-order valence-electron chi connectivity index (χ4n) is 3.28. The summed E-state index contributed by atoms with van der Waals surface area (Å²) in [5.74, 6) is 0.357. The molecule has 0 radical (unpaired) electrons. The van der Waals surface area contributed by atoms with Crippen LogP contribution in [0, 0.1) is 12.8 Å². The monoisotopic (exact) mass is 342 g/mol. The second kappa shape index (κ2) is 7.95. The van der Waals surface area contributed by atoms with Crippen LogP contribution in [-0.4, -0.2) is 23.9 Å². The number of carbonyl (C=O) groups excluding carboxylic acids is 1. The molecular weight excluding hydrogens is 316 g/mol. The van der Waals surface area contributed by atoms with Crippen molar-refractivity contribution in [3.05, 3.63) is 57.8 Å². The third-order valence-electron chi connectivity index (χ3n) is 4.95. The van der Waals surface area contributed by atoms with Crippen molar-refractivity contribution in [2.24, 2.45) is 5.92 Å². The van der Waals surface area contributed by atoms with Gasteiger partial charge in [0.2, 0.25) is 5.91 Å². The van der Waals surface area contributed by atoms with Crippen LogP contribution in [0.15, 0.2) is 41.8 Å². The van der Waals surface area contributed by atoms with Gasteiger partial charge in [0.25, 0.3) is 0 Å². The first-order chi connectivity index (χ1) is 11.6. The van der Waals surface area contributed by atoms with Crippen LogP contribution in [0.2, 0.25) is 0 Å². The van der Waals surface area contributed by atoms with Crippen LogP contribution in [0.4, 0.5) is 0 Å². The van der Waals surface area contributed by atoms with E-state index in [9.17, 15) is 4.79 Å². The number of piperidine rings is 1. The Balaban J connectivity index is 1.47. The predicted molar refractivity (Wildman–Crippen MR) is 100 cm³/mol. The maximum Gasteiger partial charge on any atom is 0.223 e.